The molecule has 2 atom stereocenters. The van der Waals surface area contributed by atoms with Crippen LogP contribution in [0.15, 0.2) is 102 Å². The highest BCUT2D eigenvalue weighted by Gasteiger charge is 2.32. The highest BCUT2D eigenvalue weighted by molar-refractivity contribution is 9.10. The third-order valence-electron chi connectivity index (χ3n) is 5.26. The van der Waals surface area contributed by atoms with Crippen molar-refractivity contribution in [1.29, 1.82) is 0 Å². The highest BCUT2D eigenvalue weighted by atomic mass is 79.9. The number of nitrogens with zero attached hydrogens (tertiary/aromatic N) is 1. The Morgan fingerprint density at radius 3 is 2.17 bits per heavy atom. The molecule has 0 fully saturated rings. The number of carbonyl (C=O) groups is 2. The van der Waals surface area contributed by atoms with Gasteiger partial charge in [0.15, 0.2) is 0 Å². The fraction of sp³-hybridized carbons (Fsp3) is 0.185. The third-order valence-corrected chi connectivity index (χ3v) is 5.76. The van der Waals surface area contributed by atoms with Crippen LogP contribution in [-0.2, 0) is 22.7 Å². The highest BCUT2D eigenvalue weighted by Crippen LogP contribution is 2.25. The van der Waals surface area contributed by atoms with Crippen LogP contribution in [0, 0.1) is 0 Å². The van der Waals surface area contributed by atoms with E-state index >= 15 is 0 Å². The molecule has 1 aliphatic carbocycles. The predicted octanol–water partition coefficient (Wildman–Crippen LogP) is 6.01. The van der Waals surface area contributed by atoms with Crippen molar-refractivity contribution in [2.75, 3.05) is 0 Å². The van der Waals surface area contributed by atoms with Gasteiger partial charge in [0.05, 0.1) is 6.04 Å². The van der Waals surface area contributed by atoms with Gasteiger partial charge >= 0.3 is 12.2 Å². The summed E-state index contributed by atoms with van der Waals surface area (Å²) in [4.78, 5) is 25.5. The molecule has 0 unspecified atom stereocenters. The fourth-order valence-electron chi connectivity index (χ4n) is 3.55. The molecule has 0 saturated carbocycles. The normalized spacial score (nSPS) is 16.4. The lowest BCUT2D eigenvalue weighted by atomic mass is 10.2. The second kappa shape index (κ2) is 12.1. The van der Waals surface area contributed by atoms with Crippen molar-refractivity contribution >= 4 is 28.1 Å². The van der Waals surface area contributed by atoms with Gasteiger partial charge in [-0.25, -0.2) is 20.0 Å². The molecular formula is C27H25BrN2O5. The summed E-state index contributed by atoms with van der Waals surface area (Å²) < 4.78 is 17.7. The van der Waals surface area contributed by atoms with Gasteiger partial charge in [-0.15, -0.1) is 0 Å². The van der Waals surface area contributed by atoms with Gasteiger partial charge in [0.25, 0.3) is 0 Å². The number of hydrogen-bond donors (Lipinski definition) is 1. The van der Waals surface area contributed by atoms with Crippen molar-refractivity contribution in [2.24, 2.45) is 0 Å². The van der Waals surface area contributed by atoms with Crippen molar-refractivity contribution in [3.63, 3.8) is 0 Å². The lowest BCUT2D eigenvalue weighted by Gasteiger charge is -2.27. The molecule has 7 nitrogen and oxygen atoms in total. The lowest BCUT2D eigenvalue weighted by molar-refractivity contribution is 0.0504. The molecule has 0 saturated heterocycles. The van der Waals surface area contributed by atoms with Crippen molar-refractivity contribution in [3.05, 3.63) is 113 Å². The SMILES string of the molecule is O=C(NN(C(=O)OCc1ccccc1)[C@H]1C=C[C@@H](Oc2cccc(Br)c2)C1)OCc1ccccc1. The number of amides is 2. The fourth-order valence-corrected chi connectivity index (χ4v) is 3.93. The molecule has 0 bridgehead atoms. The Morgan fingerprint density at radius 2 is 1.51 bits per heavy atom. The first kappa shape index (κ1) is 24.3. The number of hydrazine groups is 1. The lowest BCUT2D eigenvalue weighted by Crippen LogP contribution is -2.51. The number of halogens is 1. The number of hydrogen-bond acceptors (Lipinski definition) is 5. The molecule has 0 aromatic heterocycles. The molecule has 4 rings (SSSR count). The summed E-state index contributed by atoms with van der Waals surface area (Å²) in [5.74, 6) is 0.697. The van der Waals surface area contributed by atoms with Crippen LogP contribution in [0.4, 0.5) is 9.59 Å². The minimum absolute atomic E-state index is 0.0747. The number of rotatable bonds is 7. The minimum atomic E-state index is -0.754. The van der Waals surface area contributed by atoms with Crippen LogP contribution < -0.4 is 10.2 Å². The molecule has 0 heterocycles. The largest absolute Gasteiger partial charge is 0.486 e. The van der Waals surface area contributed by atoms with Crippen LogP contribution in [0.25, 0.3) is 0 Å². The number of nitrogens with one attached hydrogen (secondary N) is 1. The first-order valence-electron chi connectivity index (χ1n) is 11.1. The van der Waals surface area contributed by atoms with Crippen LogP contribution in [0.1, 0.15) is 17.5 Å². The molecule has 2 amide bonds. The molecule has 0 aliphatic heterocycles. The topological polar surface area (TPSA) is 77.1 Å². The van der Waals surface area contributed by atoms with E-state index < -0.39 is 18.2 Å². The van der Waals surface area contributed by atoms with E-state index in [0.29, 0.717) is 12.2 Å². The molecule has 3 aromatic carbocycles. The zero-order valence-electron chi connectivity index (χ0n) is 18.9. The van der Waals surface area contributed by atoms with E-state index in [1.54, 1.807) is 0 Å². The summed E-state index contributed by atoms with van der Waals surface area (Å²) >= 11 is 3.43. The first-order valence-corrected chi connectivity index (χ1v) is 11.9. The van der Waals surface area contributed by atoms with E-state index in [9.17, 15) is 9.59 Å². The number of ether oxygens (including phenoxy) is 3. The summed E-state index contributed by atoms with van der Waals surface area (Å²) in [7, 11) is 0. The van der Waals surface area contributed by atoms with Gasteiger partial charge in [-0.05, 0) is 35.4 Å². The second-order valence-corrected chi connectivity index (χ2v) is 8.80. The van der Waals surface area contributed by atoms with Gasteiger partial charge in [-0.3, -0.25) is 0 Å². The molecule has 8 heteroatoms. The Hall–Kier alpha value is -3.78. The Bertz CT molecular complexity index is 1160. The van der Waals surface area contributed by atoms with Gasteiger partial charge in [0, 0.05) is 10.9 Å². The van der Waals surface area contributed by atoms with E-state index in [1.165, 1.54) is 0 Å². The monoisotopic (exact) mass is 536 g/mol. The molecule has 1 N–H and O–H groups in total. The summed E-state index contributed by atoms with van der Waals surface area (Å²) in [6, 6.07) is 25.7. The molecule has 1 aliphatic rings. The molecular weight excluding hydrogens is 512 g/mol. The van der Waals surface area contributed by atoms with Gasteiger partial charge in [0.2, 0.25) is 0 Å². The van der Waals surface area contributed by atoms with Gasteiger partial charge in [-0.1, -0.05) is 88.7 Å². The Morgan fingerprint density at radius 1 is 0.857 bits per heavy atom. The Kier molecular flexibility index (Phi) is 8.40. The quantitative estimate of drug-likeness (QED) is 0.295. The molecule has 180 valence electrons. The van der Waals surface area contributed by atoms with Crippen molar-refractivity contribution in [3.8, 4) is 5.75 Å². The maximum Gasteiger partial charge on any atom is 0.429 e. The van der Waals surface area contributed by atoms with E-state index in [4.69, 9.17) is 14.2 Å². The van der Waals surface area contributed by atoms with Crippen LogP contribution in [-0.4, -0.2) is 29.3 Å². The standard InChI is InChI=1S/C27H25BrN2O5/c28-22-12-7-13-24(16-22)35-25-15-14-23(17-25)30(27(32)34-19-21-10-5-2-6-11-21)29-26(31)33-18-20-8-3-1-4-9-20/h1-16,23,25H,17-19H2,(H,29,31)/t23-,25+/m0/s1. The molecule has 3 aromatic rings. The Balaban J connectivity index is 1.39. The minimum Gasteiger partial charge on any atom is -0.486 e. The van der Waals surface area contributed by atoms with E-state index in [0.717, 1.165) is 20.6 Å². The maximum absolute atomic E-state index is 13.0. The van der Waals surface area contributed by atoms with Crippen molar-refractivity contribution in [1.82, 2.24) is 10.4 Å². The van der Waals surface area contributed by atoms with Crippen molar-refractivity contribution < 1.29 is 23.8 Å². The van der Waals surface area contributed by atoms with E-state index in [2.05, 4.69) is 21.4 Å². The van der Waals surface area contributed by atoms with Crippen LogP contribution >= 0.6 is 15.9 Å². The van der Waals surface area contributed by atoms with Crippen molar-refractivity contribution in [2.45, 2.75) is 31.8 Å². The zero-order chi connectivity index (χ0) is 24.5. The van der Waals surface area contributed by atoms with Crippen LogP contribution in [0.2, 0.25) is 0 Å². The average molecular weight is 537 g/mol. The van der Waals surface area contributed by atoms with Crippen LogP contribution in [0.5, 0.6) is 5.75 Å². The zero-order valence-corrected chi connectivity index (χ0v) is 20.5. The number of carbonyl (C=O) groups excluding carboxylic acids is 2. The summed E-state index contributed by atoms with van der Waals surface area (Å²) in [6.07, 6.45) is 2.38. The van der Waals surface area contributed by atoms with E-state index in [1.807, 2.05) is 97.1 Å². The van der Waals surface area contributed by atoms with E-state index in [-0.39, 0.29) is 19.3 Å². The van der Waals surface area contributed by atoms with Crippen LogP contribution in [0.3, 0.4) is 0 Å². The Labute approximate surface area is 212 Å². The second-order valence-electron chi connectivity index (χ2n) is 7.89. The average Bonchev–Trinajstić information content (AvgIpc) is 3.34. The first-order chi connectivity index (χ1) is 17.1. The van der Waals surface area contributed by atoms with Gasteiger partial charge < -0.3 is 14.2 Å². The maximum atomic E-state index is 13.0. The summed E-state index contributed by atoms with van der Waals surface area (Å²) in [6.45, 7) is 0.153. The molecule has 0 radical (unpaired) electrons. The van der Waals surface area contributed by atoms with Gasteiger partial charge in [-0.2, -0.15) is 0 Å². The molecule has 35 heavy (non-hydrogen) atoms. The summed E-state index contributed by atoms with van der Waals surface area (Å²) in [5, 5.41) is 1.15. The summed E-state index contributed by atoms with van der Waals surface area (Å²) in [5.41, 5.74) is 4.22. The molecule has 0 spiro atoms. The number of benzene rings is 3. The predicted molar refractivity (Wildman–Crippen MR) is 134 cm³/mol. The smallest absolute Gasteiger partial charge is 0.429 e. The van der Waals surface area contributed by atoms with Gasteiger partial charge in [0.1, 0.15) is 25.1 Å². The third kappa shape index (κ3) is 7.35.